The maximum Gasteiger partial charge on any atom is 0.417 e. The van der Waals surface area contributed by atoms with Crippen LogP contribution in [0.15, 0.2) is 42.5 Å². The van der Waals surface area contributed by atoms with Gasteiger partial charge in [-0.1, -0.05) is 17.7 Å². The van der Waals surface area contributed by atoms with E-state index >= 15 is 0 Å². The minimum Gasteiger partial charge on any atom is -0.370 e. The average Bonchev–Trinajstić information content (AvgIpc) is 3.17. The van der Waals surface area contributed by atoms with Crippen LogP contribution in [0.5, 0.6) is 0 Å². The van der Waals surface area contributed by atoms with E-state index in [1.807, 2.05) is 25.1 Å². The Hall–Kier alpha value is -3.54. The molecule has 9 heteroatoms. The maximum absolute atomic E-state index is 13.5. The van der Waals surface area contributed by atoms with Crippen LogP contribution >= 0.6 is 0 Å². The largest absolute Gasteiger partial charge is 0.417 e. The molecule has 2 saturated heterocycles. The molecule has 2 aromatic carbocycles. The minimum absolute atomic E-state index is 0.0778. The Morgan fingerprint density at radius 1 is 1.15 bits per heavy atom. The summed E-state index contributed by atoms with van der Waals surface area (Å²) >= 11 is 0. The minimum atomic E-state index is -4.66. The number of alkyl halides is 3. The smallest absolute Gasteiger partial charge is 0.370 e. The summed E-state index contributed by atoms with van der Waals surface area (Å²) in [4.78, 5) is 28.8. The summed E-state index contributed by atoms with van der Waals surface area (Å²) in [6.07, 6.45) is -3.61. The first-order chi connectivity index (χ1) is 16.0. The molecule has 0 aliphatic carbocycles. The molecule has 2 aliphatic rings. The van der Waals surface area contributed by atoms with Gasteiger partial charge in [-0.05, 0) is 50.1 Å². The van der Waals surface area contributed by atoms with Crippen molar-refractivity contribution >= 4 is 17.5 Å². The van der Waals surface area contributed by atoms with Crippen molar-refractivity contribution in [1.29, 1.82) is 5.26 Å². The second-order valence-corrected chi connectivity index (χ2v) is 9.20. The number of benzene rings is 2. The van der Waals surface area contributed by atoms with Crippen molar-refractivity contribution in [2.75, 3.05) is 31.1 Å². The molecule has 2 aliphatic heterocycles. The summed E-state index contributed by atoms with van der Waals surface area (Å²) in [5, 5.41) is 9.06. The standard InChI is InChI=1S/C25H25F3N4O2/c1-16-3-2-4-17(11-16)23(34)31-9-7-24(8-10-31)15-32(14-21(24)22(30)33)19-6-5-18(13-29)20(12-19)25(26,27)28/h2-6,11-12,21H,7-10,14-15H2,1H3,(H2,30,33). The second kappa shape index (κ2) is 8.67. The van der Waals surface area contributed by atoms with Gasteiger partial charge < -0.3 is 15.5 Å². The number of rotatable bonds is 3. The molecule has 0 radical (unpaired) electrons. The Bertz CT molecular complexity index is 1160. The third kappa shape index (κ3) is 4.32. The summed E-state index contributed by atoms with van der Waals surface area (Å²) in [6, 6.07) is 12.5. The molecular weight excluding hydrogens is 445 g/mol. The lowest BCUT2D eigenvalue weighted by Crippen LogP contribution is -2.49. The third-order valence-electron chi connectivity index (χ3n) is 7.10. The molecule has 6 nitrogen and oxygen atoms in total. The fraction of sp³-hybridized carbons (Fsp3) is 0.400. The average molecular weight is 470 g/mol. The molecule has 4 rings (SSSR count). The highest BCUT2D eigenvalue weighted by atomic mass is 19.4. The number of anilines is 1. The molecular formula is C25H25F3N4O2. The van der Waals surface area contributed by atoms with E-state index in [1.165, 1.54) is 6.07 Å². The van der Waals surface area contributed by atoms with Crippen molar-refractivity contribution in [1.82, 2.24) is 4.90 Å². The van der Waals surface area contributed by atoms with E-state index in [0.29, 0.717) is 43.7 Å². The van der Waals surface area contributed by atoms with Crippen LogP contribution in [-0.2, 0) is 11.0 Å². The molecule has 1 unspecified atom stereocenters. The number of likely N-dealkylation sites (tertiary alicyclic amines) is 1. The lowest BCUT2D eigenvalue weighted by atomic mass is 9.70. The topological polar surface area (TPSA) is 90.4 Å². The van der Waals surface area contributed by atoms with Crippen LogP contribution in [0.1, 0.15) is 39.9 Å². The highest BCUT2D eigenvalue weighted by molar-refractivity contribution is 5.94. The number of aryl methyl sites for hydroxylation is 1. The molecule has 2 heterocycles. The van der Waals surface area contributed by atoms with Crippen molar-refractivity contribution in [3.8, 4) is 6.07 Å². The zero-order chi connectivity index (χ0) is 24.7. The fourth-order valence-corrected chi connectivity index (χ4v) is 5.24. The van der Waals surface area contributed by atoms with Crippen LogP contribution < -0.4 is 10.6 Å². The number of hydrogen-bond acceptors (Lipinski definition) is 4. The summed E-state index contributed by atoms with van der Waals surface area (Å²) in [5.41, 5.74) is 5.64. The molecule has 0 bridgehead atoms. The zero-order valence-electron chi connectivity index (χ0n) is 18.7. The number of nitrogens with two attached hydrogens (primary N) is 1. The summed E-state index contributed by atoms with van der Waals surface area (Å²) in [6.45, 7) is 3.34. The van der Waals surface area contributed by atoms with E-state index in [-0.39, 0.29) is 12.5 Å². The predicted molar refractivity (Wildman–Crippen MR) is 120 cm³/mol. The first-order valence-corrected chi connectivity index (χ1v) is 11.1. The van der Waals surface area contributed by atoms with E-state index in [4.69, 9.17) is 11.0 Å². The second-order valence-electron chi connectivity index (χ2n) is 9.20. The van der Waals surface area contributed by atoms with Crippen LogP contribution in [-0.4, -0.2) is 42.9 Å². The fourth-order valence-electron chi connectivity index (χ4n) is 5.24. The van der Waals surface area contributed by atoms with E-state index in [2.05, 4.69) is 0 Å². The van der Waals surface area contributed by atoms with Gasteiger partial charge in [0.1, 0.15) is 0 Å². The molecule has 2 N–H and O–H groups in total. The van der Waals surface area contributed by atoms with Gasteiger partial charge in [0.05, 0.1) is 23.1 Å². The van der Waals surface area contributed by atoms with Crippen LogP contribution in [0.25, 0.3) is 0 Å². The zero-order valence-corrected chi connectivity index (χ0v) is 18.7. The number of hydrogen-bond donors (Lipinski definition) is 1. The normalized spacial score (nSPS) is 19.8. The number of amides is 2. The summed E-state index contributed by atoms with van der Waals surface area (Å²) in [7, 11) is 0. The molecule has 0 saturated carbocycles. The van der Waals surface area contributed by atoms with Gasteiger partial charge in [-0.3, -0.25) is 9.59 Å². The van der Waals surface area contributed by atoms with Crippen molar-refractivity contribution in [2.24, 2.45) is 17.1 Å². The molecule has 34 heavy (non-hydrogen) atoms. The molecule has 1 spiro atoms. The number of piperidine rings is 1. The molecule has 0 aromatic heterocycles. The Kier molecular flexibility index (Phi) is 6.02. The van der Waals surface area contributed by atoms with Crippen LogP contribution in [0.3, 0.4) is 0 Å². The predicted octanol–water partition coefficient (Wildman–Crippen LogP) is 3.73. The Morgan fingerprint density at radius 2 is 1.85 bits per heavy atom. The van der Waals surface area contributed by atoms with Gasteiger partial charge in [-0.2, -0.15) is 18.4 Å². The number of carbonyl (C=O) groups is 2. The first kappa shape index (κ1) is 23.6. The molecule has 2 amide bonds. The maximum atomic E-state index is 13.5. The highest BCUT2D eigenvalue weighted by Gasteiger charge is 2.51. The van der Waals surface area contributed by atoms with E-state index in [9.17, 15) is 22.8 Å². The van der Waals surface area contributed by atoms with Crippen molar-refractivity contribution < 1.29 is 22.8 Å². The van der Waals surface area contributed by atoms with Crippen molar-refractivity contribution in [3.63, 3.8) is 0 Å². The summed E-state index contributed by atoms with van der Waals surface area (Å²) < 4.78 is 40.4. The van der Waals surface area contributed by atoms with Gasteiger partial charge in [-0.25, -0.2) is 0 Å². The monoisotopic (exact) mass is 470 g/mol. The molecule has 178 valence electrons. The van der Waals surface area contributed by atoms with Crippen molar-refractivity contribution in [3.05, 3.63) is 64.7 Å². The lowest BCUT2D eigenvalue weighted by Gasteiger charge is -2.41. The first-order valence-electron chi connectivity index (χ1n) is 11.1. The van der Waals surface area contributed by atoms with Crippen LogP contribution in [0, 0.1) is 29.6 Å². The van der Waals surface area contributed by atoms with E-state index < -0.39 is 34.5 Å². The van der Waals surface area contributed by atoms with Gasteiger partial charge in [0.25, 0.3) is 5.91 Å². The third-order valence-corrected chi connectivity index (χ3v) is 7.10. The van der Waals surface area contributed by atoms with Crippen molar-refractivity contribution in [2.45, 2.75) is 25.9 Å². The number of primary amides is 1. The molecule has 1 atom stereocenters. The molecule has 2 fully saturated rings. The molecule has 2 aromatic rings. The van der Waals surface area contributed by atoms with Gasteiger partial charge in [0.15, 0.2) is 0 Å². The number of halogens is 3. The van der Waals surface area contributed by atoms with Crippen LogP contribution in [0.4, 0.5) is 18.9 Å². The Morgan fingerprint density at radius 3 is 2.44 bits per heavy atom. The van der Waals surface area contributed by atoms with E-state index in [1.54, 1.807) is 21.9 Å². The number of nitrogens with zero attached hydrogens (tertiary/aromatic N) is 3. The SMILES string of the molecule is Cc1cccc(C(=O)N2CCC3(CC2)CN(c2ccc(C#N)c(C(F)(F)F)c2)CC3C(N)=O)c1. The Balaban J connectivity index is 1.55. The van der Waals surface area contributed by atoms with E-state index in [0.717, 1.165) is 17.7 Å². The highest BCUT2D eigenvalue weighted by Crippen LogP contribution is 2.47. The number of carbonyl (C=O) groups excluding carboxylic acids is 2. The number of nitriles is 1. The quantitative estimate of drug-likeness (QED) is 0.740. The van der Waals surface area contributed by atoms with Gasteiger partial charge >= 0.3 is 6.18 Å². The lowest BCUT2D eigenvalue weighted by molar-refractivity contribution is -0.137. The van der Waals surface area contributed by atoms with Gasteiger partial charge in [0, 0.05) is 42.8 Å². The van der Waals surface area contributed by atoms with Gasteiger partial charge in [-0.15, -0.1) is 0 Å². The Labute approximate surface area is 195 Å². The summed E-state index contributed by atoms with van der Waals surface area (Å²) in [5.74, 6) is -1.12. The van der Waals surface area contributed by atoms with Gasteiger partial charge in [0.2, 0.25) is 5.91 Å². The van der Waals surface area contributed by atoms with Crippen LogP contribution in [0.2, 0.25) is 0 Å².